The van der Waals surface area contributed by atoms with E-state index < -0.39 is 14.8 Å². The lowest BCUT2D eigenvalue weighted by Gasteiger charge is -2.24. The minimum Gasteiger partial charge on any atom is -0.478 e. The van der Waals surface area contributed by atoms with Gasteiger partial charge >= 0.3 is 14.8 Å². The number of carboxylic acid groups (broad SMARTS) is 1. The van der Waals surface area contributed by atoms with Crippen molar-refractivity contribution in [1.29, 1.82) is 0 Å². The van der Waals surface area contributed by atoms with Gasteiger partial charge in [0.2, 0.25) is 6.34 Å². The predicted molar refractivity (Wildman–Crippen MR) is 66.9 cm³/mol. The number of rotatable bonds is 8. The molecule has 8 heteroatoms. The molecular formula is C10H21N2O5Si+. The van der Waals surface area contributed by atoms with Crippen LogP contribution < -0.4 is 0 Å². The van der Waals surface area contributed by atoms with Crippen molar-refractivity contribution in [1.82, 2.24) is 4.90 Å². The normalized spacial score (nSPS) is 15.9. The second-order valence-corrected chi connectivity index (χ2v) is 7.15. The summed E-state index contributed by atoms with van der Waals surface area (Å²) in [4.78, 5) is 12.6. The minimum atomic E-state index is -2.54. The quantitative estimate of drug-likeness (QED) is 0.467. The Bertz CT molecular complexity index is 311. The molecule has 1 aliphatic heterocycles. The average Bonchev–Trinajstić information content (AvgIpc) is 2.78. The van der Waals surface area contributed by atoms with Crippen LogP contribution in [0.4, 0.5) is 0 Å². The van der Waals surface area contributed by atoms with Crippen LogP contribution >= 0.6 is 0 Å². The Kier molecular flexibility index (Phi) is 5.73. The highest BCUT2D eigenvalue weighted by Crippen LogP contribution is 2.13. The highest BCUT2D eigenvalue weighted by Gasteiger charge is 2.39. The SMILES string of the molecule is CO[Si](CCN1C=[N+](CC(=O)O)CC1)(OC)OC. The van der Waals surface area contributed by atoms with Crippen LogP contribution in [-0.2, 0) is 18.1 Å². The maximum absolute atomic E-state index is 10.6. The molecular weight excluding hydrogens is 256 g/mol. The molecule has 0 aromatic heterocycles. The molecule has 0 fully saturated rings. The third-order valence-corrected chi connectivity index (χ3v) is 5.68. The smallest absolute Gasteiger partial charge is 0.478 e. The van der Waals surface area contributed by atoms with E-state index in [9.17, 15) is 4.79 Å². The van der Waals surface area contributed by atoms with E-state index in [1.807, 2.05) is 6.34 Å². The molecule has 0 amide bonds. The van der Waals surface area contributed by atoms with Crippen LogP contribution in [0, 0.1) is 0 Å². The second-order valence-electron chi connectivity index (χ2n) is 4.06. The van der Waals surface area contributed by atoms with Crippen LogP contribution in [0.3, 0.4) is 0 Å². The first-order valence-electron chi connectivity index (χ1n) is 5.75. The molecule has 0 atom stereocenters. The Morgan fingerprint density at radius 3 is 2.50 bits per heavy atom. The van der Waals surface area contributed by atoms with E-state index in [-0.39, 0.29) is 6.54 Å². The first-order valence-corrected chi connectivity index (χ1v) is 7.69. The van der Waals surface area contributed by atoms with Gasteiger partial charge < -0.3 is 18.4 Å². The molecule has 0 aromatic rings. The average molecular weight is 277 g/mol. The molecule has 0 aliphatic carbocycles. The highest BCUT2D eigenvalue weighted by atomic mass is 28.4. The van der Waals surface area contributed by atoms with Gasteiger partial charge in [-0.2, -0.15) is 0 Å². The van der Waals surface area contributed by atoms with Crippen molar-refractivity contribution in [2.24, 2.45) is 0 Å². The lowest BCUT2D eigenvalue weighted by Crippen LogP contribution is -2.45. The van der Waals surface area contributed by atoms with Gasteiger partial charge in [0.15, 0.2) is 6.54 Å². The Morgan fingerprint density at radius 1 is 1.39 bits per heavy atom. The number of nitrogens with zero attached hydrogens (tertiary/aromatic N) is 2. The van der Waals surface area contributed by atoms with Crippen molar-refractivity contribution in [2.75, 3.05) is 47.5 Å². The van der Waals surface area contributed by atoms with Gasteiger partial charge in [0.05, 0.1) is 12.6 Å². The lowest BCUT2D eigenvalue weighted by atomic mass is 10.5. The molecule has 0 spiro atoms. The zero-order valence-corrected chi connectivity index (χ0v) is 12.1. The summed E-state index contributed by atoms with van der Waals surface area (Å²) < 4.78 is 17.8. The van der Waals surface area contributed by atoms with Gasteiger partial charge in [-0.1, -0.05) is 0 Å². The van der Waals surface area contributed by atoms with E-state index in [1.54, 1.807) is 25.9 Å². The monoisotopic (exact) mass is 277 g/mol. The minimum absolute atomic E-state index is 0.0396. The zero-order chi connectivity index (χ0) is 13.6. The van der Waals surface area contributed by atoms with Crippen molar-refractivity contribution >= 4 is 21.1 Å². The van der Waals surface area contributed by atoms with Crippen molar-refractivity contribution < 1.29 is 27.8 Å². The van der Waals surface area contributed by atoms with Gasteiger partial charge in [-0.15, -0.1) is 0 Å². The molecule has 104 valence electrons. The molecule has 1 aliphatic rings. The summed E-state index contributed by atoms with van der Waals surface area (Å²) in [5.74, 6) is -0.817. The van der Waals surface area contributed by atoms with E-state index in [0.717, 1.165) is 19.6 Å². The topological polar surface area (TPSA) is 71.2 Å². The van der Waals surface area contributed by atoms with Crippen molar-refractivity contribution in [2.45, 2.75) is 6.04 Å². The van der Waals surface area contributed by atoms with Crippen LogP contribution in [0.1, 0.15) is 0 Å². The number of aliphatic carboxylic acids is 1. The third-order valence-electron chi connectivity index (χ3n) is 2.98. The van der Waals surface area contributed by atoms with Crippen LogP contribution in [-0.4, -0.2) is 83.2 Å². The lowest BCUT2D eigenvalue weighted by molar-refractivity contribution is -0.504. The molecule has 1 N–H and O–H groups in total. The fourth-order valence-corrected chi connectivity index (χ4v) is 3.58. The predicted octanol–water partition coefficient (Wildman–Crippen LogP) is -0.694. The third kappa shape index (κ3) is 4.05. The van der Waals surface area contributed by atoms with Crippen molar-refractivity contribution in [3.63, 3.8) is 0 Å². The molecule has 7 nitrogen and oxygen atoms in total. The standard InChI is InChI=1S/C10H20N2O5Si/c1-15-18(16-2,17-3)7-6-11-4-5-12(9-11)8-10(13)14/h9H,4-8H2,1-3H3/p+1. The molecule has 0 radical (unpaired) electrons. The molecule has 0 bridgehead atoms. The van der Waals surface area contributed by atoms with E-state index >= 15 is 0 Å². The van der Waals surface area contributed by atoms with Gasteiger partial charge in [-0.3, -0.25) is 9.48 Å². The summed E-state index contributed by atoms with van der Waals surface area (Å²) >= 11 is 0. The first-order chi connectivity index (χ1) is 8.55. The number of hydrogen-bond acceptors (Lipinski definition) is 5. The van der Waals surface area contributed by atoms with Crippen molar-refractivity contribution in [3.8, 4) is 0 Å². The van der Waals surface area contributed by atoms with Crippen LogP contribution in [0.25, 0.3) is 0 Å². The highest BCUT2D eigenvalue weighted by molar-refractivity contribution is 6.60. The van der Waals surface area contributed by atoms with Gasteiger partial charge in [-0.05, 0) is 0 Å². The summed E-state index contributed by atoms with van der Waals surface area (Å²) in [5, 5.41) is 8.70. The number of hydrogen-bond donors (Lipinski definition) is 1. The molecule has 0 saturated carbocycles. The fourth-order valence-electron chi connectivity index (χ4n) is 1.90. The van der Waals surface area contributed by atoms with Crippen LogP contribution in [0.5, 0.6) is 0 Å². The second kappa shape index (κ2) is 6.83. The fraction of sp³-hybridized carbons (Fsp3) is 0.800. The summed E-state index contributed by atoms with van der Waals surface area (Å²) in [7, 11) is 2.23. The summed E-state index contributed by atoms with van der Waals surface area (Å²) in [5.41, 5.74) is 0. The van der Waals surface area contributed by atoms with Crippen molar-refractivity contribution in [3.05, 3.63) is 0 Å². The molecule has 0 saturated heterocycles. The Morgan fingerprint density at radius 2 is 2.00 bits per heavy atom. The van der Waals surface area contributed by atoms with E-state index in [2.05, 4.69) is 4.90 Å². The first kappa shape index (κ1) is 15.1. The van der Waals surface area contributed by atoms with Crippen LogP contribution in [0.2, 0.25) is 6.04 Å². The van der Waals surface area contributed by atoms with E-state index in [4.69, 9.17) is 18.4 Å². The molecule has 1 heterocycles. The maximum atomic E-state index is 10.6. The summed E-state index contributed by atoms with van der Waals surface area (Å²) in [6, 6.07) is 0.675. The zero-order valence-electron chi connectivity index (χ0n) is 11.1. The Labute approximate surface area is 108 Å². The molecule has 0 unspecified atom stereocenters. The summed E-state index contributed by atoms with van der Waals surface area (Å²) in [6.07, 6.45) is 1.84. The molecule has 1 rings (SSSR count). The van der Waals surface area contributed by atoms with Gasteiger partial charge in [0.25, 0.3) is 0 Å². The van der Waals surface area contributed by atoms with Gasteiger partial charge in [0, 0.05) is 21.3 Å². The molecule has 0 aromatic carbocycles. The maximum Gasteiger partial charge on any atom is 0.504 e. The largest absolute Gasteiger partial charge is 0.504 e. The van der Waals surface area contributed by atoms with E-state index in [0.29, 0.717) is 6.04 Å². The van der Waals surface area contributed by atoms with Crippen LogP contribution in [0.15, 0.2) is 0 Å². The van der Waals surface area contributed by atoms with E-state index in [1.165, 1.54) is 0 Å². The Hall–Kier alpha value is -0.963. The summed E-state index contributed by atoms with van der Waals surface area (Å²) in [6.45, 7) is 2.32. The number of carbonyl (C=O) groups is 1. The molecule has 18 heavy (non-hydrogen) atoms. The van der Waals surface area contributed by atoms with Gasteiger partial charge in [0.1, 0.15) is 13.1 Å². The number of carboxylic acids is 1. The van der Waals surface area contributed by atoms with Gasteiger partial charge in [-0.25, -0.2) is 4.79 Å². The Balaban J connectivity index is 2.45.